The Kier molecular flexibility index (Phi) is 6.06. The van der Waals surface area contributed by atoms with E-state index in [9.17, 15) is 18.0 Å². The SMILES string of the molecule is COc1ccc(CNC(=O)C2CCN(c3ccc(C(F)(F)F)c[nH+]3)CC2)cc1. The average Bonchev–Trinajstić information content (AvgIpc) is 2.72. The van der Waals surface area contributed by atoms with Gasteiger partial charge in [0.2, 0.25) is 5.91 Å². The number of benzene rings is 1. The molecule has 2 heterocycles. The molecular formula is C20H23F3N3O2+. The smallest absolute Gasteiger partial charge is 0.419 e. The summed E-state index contributed by atoms with van der Waals surface area (Å²) in [5.41, 5.74) is 0.287. The van der Waals surface area contributed by atoms with Crippen LogP contribution >= 0.6 is 0 Å². The summed E-state index contributed by atoms with van der Waals surface area (Å²) in [6, 6.07) is 10.0. The Balaban J connectivity index is 1.48. The fraction of sp³-hybridized carbons (Fsp3) is 0.400. The number of nitrogens with zero attached hydrogens (tertiary/aromatic N) is 1. The van der Waals surface area contributed by atoms with Gasteiger partial charge in [-0.05, 0) is 36.6 Å². The molecule has 150 valence electrons. The summed E-state index contributed by atoms with van der Waals surface area (Å²) in [4.78, 5) is 17.1. The molecule has 1 fully saturated rings. The van der Waals surface area contributed by atoms with Crippen LogP contribution in [0.5, 0.6) is 5.75 Å². The number of hydrogen-bond acceptors (Lipinski definition) is 3. The molecule has 0 unspecified atom stereocenters. The zero-order valence-electron chi connectivity index (χ0n) is 15.6. The van der Waals surface area contributed by atoms with E-state index >= 15 is 0 Å². The van der Waals surface area contributed by atoms with Crippen molar-refractivity contribution in [1.29, 1.82) is 0 Å². The van der Waals surface area contributed by atoms with E-state index in [1.54, 1.807) is 7.11 Å². The number of methoxy groups -OCH3 is 1. The average molecular weight is 394 g/mol. The van der Waals surface area contributed by atoms with Crippen LogP contribution in [0.3, 0.4) is 0 Å². The van der Waals surface area contributed by atoms with Crippen molar-refractivity contribution in [2.75, 3.05) is 25.1 Å². The van der Waals surface area contributed by atoms with Gasteiger partial charge in [-0.3, -0.25) is 9.69 Å². The van der Waals surface area contributed by atoms with Crippen molar-refractivity contribution in [3.63, 3.8) is 0 Å². The molecule has 1 aliphatic heterocycles. The van der Waals surface area contributed by atoms with Crippen molar-refractivity contribution >= 4 is 11.7 Å². The fourth-order valence-electron chi connectivity index (χ4n) is 3.25. The number of rotatable bonds is 5. The zero-order chi connectivity index (χ0) is 20.1. The Morgan fingerprint density at radius 1 is 1.18 bits per heavy atom. The van der Waals surface area contributed by atoms with E-state index in [1.165, 1.54) is 6.07 Å². The molecular weight excluding hydrogens is 371 g/mol. The third kappa shape index (κ3) is 4.94. The van der Waals surface area contributed by atoms with Crippen molar-refractivity contribution in [2.24, 2.45) is 5.92 Å². The summed E-state index contributed by atoms with van der Waals surface area (Å²) in [5.74, 6) is 1.31. The van der Waals surface area contributed by atoms with Gasteiger partial charge in [-0.2, -0.15) is 13.2 Å². The number of amides is 1. The number of nitrogens with one attached hydrogen (secondary N) is 2. The minimum Gasteiger partial charge on any atom is -0.497 e. The molecule has 0 atom stereocenters. The first kappa shape index (κ1) is 20.0. The highest BCUT2D eigenvalue weighted by atomic mass is 19.4. The largest absolute Gasteiger partial charge is 0.497 e. The monoisotopic (exact) mass is 394 g/mol. The van der Waals surface area contributed by atoms with Gasteiger partial charge in [0.05, 0.1) is 25.8 Å². The van der Waals surface area contributed by atoms with E-state index < -0.39 is 11.7 Å². The highest BCUT2D eigenvalue weighted by molar-refractivity contribution is 5.78. The maximum absolute atomic E-state index is 12.7. The fourth-order valence-corrected chi connectivity index (χ4v) is 3.25. The number of H-pyrrole nitrogens is 1. The highest BCUT2D eigenvalue weighted by Crippen LogP contribution is 2.29. The van der Waals surface area contributed by atoms with Crippen molar-refractivity contribution in [2.45, 2.75) is 25.6 Å². The number of halogens is 3. The van der Waals surface area contributed by atoms with E-state index in [2.05, 4.69) is 10.3 Å². The van der Waals surface area contributed by atoms with Crippen LogP contribution in [0.2, 0.25) is 0 Å². The number of alkyl halides is 3. The van der Waals surface area contributed by atoms with Crippen LogP contribution in [0.15, 0.2) is 42.6 Å². The number of aromatic amines is 1. The van der Waals surface area contributed by atoms with E-state index in [-0.39, 0.29) is 11.8 Å². The van der Waals surface area contributed by atoms with Crippen molar-refractivity contribution < 1.29 is 27.7 Å². The molecule has 8 heteroatoms. The molecule has 1 saturated heterocycles. The van der Waals surface area contributed by atoms with Crippen LogP contribution in [0.25, 0.3) is 0 Å². The first-order valence-corrected chi connectivity index (χ1v) is 9.11. The summed E-state index contributed by atoms with van der Waals surface area (Å²) < 4.78 is 43.1. The van der Waals surface area contributed by atoms with Crippen LogP contribution < -0.4 is 19.9 Å². The lowest BCUT2D eigenvalue weighted by Crippen LogP contribution is -2.42. The predicted molar refractivity (Wildman–Crippen MR) is 97.8 cm³/mol. The molecule has 0 aliphatic carbocycles. The Labute approximate surface area is 161 Å². The lowest BCUT2D eigenvalue weighted by Gasteiger charge is -2.27. The number of carbonyl (C=O) groups excluding carboxylic acids is 1. The van der Waals surface area contributed by atoms with Gasteiger partial charge in [0.15, 0.2) is 0 Å². The quantitative estimate of drug-likeness (QED) is 0.848. The van der Waals surface area contributed by atoms with Gasteiger partial charge in [-0.25, -0.2) is 4.98 Å². The first-order chi connectivity index (χ1) is 13.4. The zero-order valence-corrected chi connectivity index (χ0v) is 15.6. The molecule has 2 aromatic rings. The molecule has 0 spiro atoms. The lowest BCUT2D eigenvalue weighted by molar-refractivity contribution is -0.367. The van der Waals surface area contributed by atoms with E-state index in [1.807, 2.05) is 29.2 Å². The summed E-state index contributed by atoms with van der Waals surface area (Å²) in [6.45, 7) is 1.68. The summed E-state index contributed by atoms with van der Waals surface area (Å²) >= 11 is 0. The molecule has 28 heavy (non-hydrogen) atoms. The number of anilines is 1. The topological polar surface area (TPSA) is 55.7 Å². The Bertz CT molecular complexity index is 784. The summed E-state index contributed by atoms with van der Waals surface area (Å²) in [7, 11) is 1.60. The van der Waals surface area contributed by atoms with Gasteiger partial charge >= 0.3 is 6.18 Å². The van der Waals surface area contributed by atoms with Crippen LogP contribution in [-0.4, -0.2) is 26.1 Å². The number of hydrogen-bond donors (Lipinski definition) is 1. The standard InChI is InChI=1S/C20H22F3N3O2/c1-28-17-5-2-14(3-6-17)12-25-19(27)15-8-10-26(11-9-15)18-7-4-16(13-24-18)20(21,22)23/h2-7,13,15H,8-12H2,1H3,(H,25,27)/p+1. The van der Waals surface area contributed by atoms with Gasteiger partial charge in [0, 0.05) is 18.5 Å². The second-order valence-electron chi connectivity index (χ2n) is 6.79. The molecule has 1 aliphatic rings. The second kappa shape index (κ2) is 8.50. The normalized spacial score (nSPS) is 15.4. The molecule has 1 aromatic heterocycles. The lowest BCUT2D eigenvalue weighted by atomic mass is 9.95. The van der Waals surface area contributed by atoms with Crippen molar-refractivity contribution in [3.05, 3.63) is 53.7 Å². The van der Waals surface area contributed by atoms with Crippen LogP contribution in [0.4, 0.5) is 19.0 Å². The summed E-state index contributed by atoms with van der Waals surface area (Å²) in [5, 5.41) is 2.95. The molecule has 5 nitrogen and oxygen atoms in total. The van der Waals surface area contributed by atoms with Crippen LogP contribution in [-0.2, 0) is 17.5 Å². The molecule has 1 aromatic carbocycles. The van der Waals surface area contributed by atoms with E-state index in [0.717, 1.165) is 23.6 Å². The van der Waals surface area contributed by atoms with Crippen LogP contribution in [0, 0.1) is 5.92 Å². The molecule has 0 saturated carbocycles. The van der Waals surface area contributed by atoms with Crippen molar-refractivity contribution in [3.8, 4) is 5.75 Å². The third-order valence-corrected chi connectivity index (χ3v) is 4.96. The van der Waals surface area contributed by atoms with E-state index in [0.29, 0.717) is 38.3 Å². The third-order valence-electron chi connectivity index (χ3n) is 4.96. The number of carbonyl (C=O) groups is 1. The number of aromatic nitrogens is 1. The first-order valence-electron chi connectivity index (χ1n) is 9.11. The minimum atomic E-state index is -4.36. The van der Waals surface area contributed by atoms with Gasteiger partial charge in [0.1, 0.15) is 11.9 Å². The molecule has 0 bridgehead atoms. The number of piperidine rings is 1. The molecule has 3 rings (SSSR count). The molecule has 0 radical (unpaired) electrons. The van der Waals surface area contributed by atoms with Gasteiger partial charge < -0.3 is 10.1 Å². The Morgan fingerprint density at radius 2 is 1.86 bits per heavy atom. The van der Waals surface area contributed by atoms with Crippen LogP contribution in [0.1, 0.15) is 24.0 Å². The molecule has 2 N–H and O–H groups in total. The highest BCUT2D eigenvalue weighted by Gasteiger charge is 2.33. The Hall–Kier alpha value is -2.77. The predicted octanol–water partition coefficient (Wildman–Crippen LogP) is 3.06. The van der Waals surface area contributed by atoms with Crippen molar-refractivity contribution in [1.82, 2.24) is 5.32 Å². The second-order valence-corrected chi connectivity index (χ2v) is 6.79. The van der Waals surface area contributed by atoms with Gasteiger partial charge in [-0.1, -0.05) is 12.1 Å². The molecule has 1 amide bonds. The van der Waals surface area contributed by atoms with E-state index in [4.69, 9.17) is 4.74 Å². The maximum Gasteiger partial charge on any atom is 0.419 e. The number of ether oxygens (including phenoxy) is 1. The maximum atomic E-state index is 12.7. The Morgan fingerprint density at radius 3 is 2.39 bits per heavy atom. The van der Waals surface area contributed by atoms with Gasteiger partial charge in [-0.15, -0.1) is 0 Å². The minimum absolute atomic E-state index is 0.00636. The summed E-state index contributed by atoms with van der Waals surface area (Å²) in [6.07, 6.45) is -2.07. The van der Waals surface area contributed by atoms with Gasteiger partial charge in [0.25, 0.3) is 5.82 Å². The number of pyridine rings is 1.